The average Bonchev–Trinajstić information content (AvgIpc) is 3.78. The van der Waals surface area contributed by atoms with Crippen LogP contribution in [0, 0.1) is 11.8 Å². The zero-order valence-electron chi connectivity index (χ0n) is 31.3. The van der Waals surface area contributed by atoms with Gasteiger partial charge in [-0.25, -0.2) is 14.8 Å². The zero-order valence-corrected chi connectivity index (χ0v) is 33.5. The van der Waals surface area contributed by atoms with E-state index in [1.165, 1.54) is 0 Å². The maximum absolute atomic E-state index is 11.4. The molecule has 3 atom stereocenters. The first-order valence-electron chi connectivity index (χ1n) is 17.6. The van der Waals surface area contributed by atoms with E-state index in [1.54, 1.807) is 35.2 Å². The molecule has 1 saturated carbocycles. The number of ether oxygens (including phenoxy) is 4. The Morgan fingerprint density at radius 3 is 1.96 bits per heavy atom. The highest BCUT2D eigenvalue weighted by Crippen LogP contribution is 2.42. The number of nitrogens with zero attached hydrogens (tertiary/aromatic N) is 2. The summed E-state index contributed by atoms with van der Waals surface area (Å²) in [6, 6.07) is 15.5. The van der Waals surface area contributed by atoms with Crippen molar-refractivity contribution >= 4 is 28.6 Å². The van der Waals surface area contributed by atoms with Crippen LogP contribution in [0.25, 0.3) is 22.9 Å². The summed E-state index contributed by atoms with van der Waals surface area (Å²) in [4.78, 5) is 20.9. The summed E-state index contributed by atoms with van der Waals surface area (Å²) < 4.78 is 35.3. The van der Waals surface area contributed by atoms with E-state index < -0.39 is 11.6 Å². The highest BCUT2D eigenvalue weighted by molar-refractivity contribution is 14.1. The van der Waals surface area contributed by atoms with Gasteiger partial charge in [0.1, 0.15) is 34.8 Å². The van der Waals surface area contributed by atoms with E-state index in [0.717, 1.165) is 75.6 Å². The van der Waals surface area contributed by atoms with Crippen LogP contribution < -0.4 is 9.47 Å². The van der Waals surface area contributed by atoms with Crippen molar-refractivity contribution in [1.29, 1.82) is 0 Å². The summed E-state index contributed by atoms with van der Waals surface area (Å²) >= 11 is 2.31. The molecule has 278 valence electrons. The second-order valence-electron chi connectivity index (χ2n) is 14.1. The summed E-state index contributed by atoms with van der Waals surface area (Å²) in [5.41, 5.74) is 2.51. The minimum Gasteiger partial charge on any atom is -0.497 e. The Labute approximate surface area is 315 Å². The topological polar surface area (TPSA) is 126 Å². The van der Waals surface area contributed by atoms with Gasteiger partial charge in [0.15, 0.2) is 5.60 Å². The molecule has 11 heteroatoms. The molecule has 5 rings (SSSR count). The Balaban J connectivity index is 0.000000272. The van der Waals surface area contributed by atoms with Crippen LogP contribution >= 0.6 is 22.6 Å². The van der Waals surface area contributed by atoms with Crippen LogP contribution in [0.2, 0.25) is 0 Å². The Hall–Kier alpha value is -3.42. The highest BCUT2D eigenvalue weighted by Gasteiger charge is 2.36. The molecule has 2 heterocycles. The SMILES string of the molecule is COc1cccc(-c2nc(C(OC)[C@H]3CCC[C@@H](COC(C)(C)C(=O)O)C3)c(C(C)C)o2)c1.COc1cccc(-c2nc(CI)c(C(C)C)o2)c1. The number of carboxylic acids is 1. The van der Waals surface area contributed by atoms with Crippen molar-refractivity contribution in [3.05, 3.63) is 71.4 Å². The first-order valence-corrected chi connectivity index (χ1v) is 19.1. The molecule has 4 aromatic rings. The second-order valence-corrected chi connectivity index (χ2v) is 14.8. The van der Waals surface area contributed by atoms with Gasteiger partial charge in [0.2, 0.25) is 11.8 Å². The van der Waals surface area contributed by atoms with Crippen LogP contribution in [0.5, 0.6) is 11.5 Å². The van der Waals surface area contributed by atoms with E-state index in [-0.39, 0.29) is 23.9 Å². The molecule has 0 amide bonds. The number of carbonyl (C=O) groups is 1. The Morgan fingerprint density at radius 2 is 1.47 bits per heavy atom. The molecule has 0 radical (unpaired) electrons. The smallest absolute Gasteiger partial charge is 0.335 e. The van der Waals surface area contributed by atoms with Gasteiger partial charge in [0, 0.05) is 34.5 Å². The largest absolute Gasteiger partial charge is 0.497 e. The molecular weight excluding hydrogens is 763 g/mol. The molecule has 0 aliphatic heterocycles. The van der Waals surface area contributed by atoms with E-state index >= 15 is 0 Å². The van der Waals surface area contributed by atoms with Crippen LogP contribution in [-0.4, -0.2) is 54.6 Å². The van der Waals surface area contributed by atoms with Gasteiger partial charge in [0.05, 0.1) is 26.5 Å². The fourth-order valence-electron chi connectivity index (χ4n) is 6.30. The molecule has 0 bridgehead atoms. The number of aliphatic carboxylic acids is 1. The Kier molecular flexibility index (Phi) is 14.5. The molecule has 51 heavy (non-hydrogen) atoms. The number of oxazole rings is 2. The Bertz CT molecular complexity index is 1710. The normalized spacial score (nSPS) is 16.9. The lowest BCUT2D eigenvalue weighted by atomic mass is 9.77. The minimum absolute atomic E-state index is 0.156. The molecule has 1 unspecified atom stereocenters. The van der Waals surface area contributed by atoms with Gasteiger partial charge < -0.3 is 32.9 Å². The van der Waals surface area contributed by atoms with E-state index in [1.807, 2.05) is 48.5 Å². The maximum atomic E-state index is 11.4. The van der Waals surface area contributed by atoms with Crippen molar-refractivity contribution in [3.8, 4) is 34.4 Å². The number of hydrogen-bond donors (Lipinski definition) is 1. The maximum Gasteiger partial charge on any atom is 0.335 e. The molecule has 1 fully saturated rings. The van der Waals surface area contributed by atoms with E-state index in [9.17, 15) is 9.90 Å². The highest BCUT2D eigenvalue weighted by atomic mass is 127. The molecule has 0 spiro atoms. The third-order valence-corrected chi connectivity index (χ3v) is 9.91. The molecule has 0 saturated heterocycles. The van der Waals surface area contributed by atoms with E-state index in [2.05, 4.69) is 55.3 Å². The number of alkyl halides is 1. The van der Waals surface area contributed by atoms with Crippen LogP contribution in [0.1, 0.15) is 108 Å². The minimum atomic E-state index is -1.18. The van der Waals surface area contributed by atoms with Crippen molar-refractivity contribution in [3.63, 3.8) is 0 Å². The average molecular weight is 817 g/mol. The van der Waals surface area contributed by atoms with Crippen LogP contribution in [0.4, 0.5) is 0 Å². The fraction of sp³-hybridized carbons (Fsp3) is 0.525. The number of halogens is 1. The van der Waals surface area contributed by atoms with Crippen LogP contribution in [0.15, 0.2) is 57.4 Å². The van der Waals surface area contributed by atoms with Crippen molar-refractivity contribution in [2.75, 3.05) is 27.9 Å². The molecule has 1 aliphatic rings. The molecule has 2 aromatic carbocycles. The summed E-state index contributed by atoms with van der Waals surface area (Å²) in [7, 11) is 5.02. The molecule has 10 nitrogen and oxygen atoms in total. The van der Waals surface area contributed by atoms with Gasteiger partial charge in [-0.15, -0.1) is 0 Å². The number of hydrogen-bond acceptors (Lipinski definition) is 9. The van der Waals surface area contributed by atoms with Gasteiger partial charge in [-0.3, -0.25) is 0 Å². The third kappa shape index (κ3) is 10.3. The molecular formula is C40H53IN2O8. The van der Waals surface area contributed by atoms with Gasteiger partial charge >= 0.3 is 5.97 Å². The molecule has 2 aromatic heterocycles. The quantitative estimate of drug-likeness (QED) is 0.0971. The van der Waals surface area contributed by atoms with Crippen molar-refractivity contribution in [2.24, 2.45) is 11.8 Å². The number of carboxylic acid groups (broad SMARTS) is 1. The van der Waals surface area contributed by atoms with Gasteiger partial charge in [-0.2, -0.15) is 0 Å². The third-order valence-electron chi connectivity index (χ3n) is 9.19. The fourth-order valence-corrected chi connectivity index (χ4v) is 6.85. The number of methoxy groups -OCH3 is 3. The Morgan fingerprint density at radius 1 is 0.902 bits per heavy atom. The summed E-state index contributed by atoms with van der Waals surface area (Å²) in [6.45, 7) is 12.0. The predicted molar refractivity (Wildman–Crippen MR) is 206 cm³/mol. The lowest BCUT2D eigenvalue weighted by Gasteiger charge is -2.34. The van der Waals surface area contributed by atoms with Crippen molar-refractivity contribution in [1.82, 2.24) is 9.97 Å². The monoisotopic (exact) mass is 816 g/mol. The summed E-state index contributed by atoms with van der Waals surface area (Å²) in [6.07, 6.45) is 3.79. The van der Waals surface area contributed by atoms with Crippen molar-refractivity contribution in [2.45, 2.75) is 95.2 Å². The zero-order chi connectivity index (χ0) is 37.3. The van der Waals surface area contributed by atoms with Crippen LogP contribution in [0.3, 0.4) is 0 Å². The van der Waals surface area contributed by atoms with E-state index in [0.29, 0.717) is 24.3 Å². The van der Waals surface area contributed by atoms with Crippen LogP contribution in [-0.2, 0) is 18.7 Å². The van der Waals surface area contributed by atoms with Gasteiger partial charge in [-0.1, -0.05) is 68.8 Å². The lowest BCUT2D eigenvalue weighted by molar-refractivity contribution is -0.163. The number of aromatic nitrogens is 2. The predicted octanol–water partition coefficient (Wildman–Crippen LogP) is 10.3. The summed E-state index contributed by atoms with van der Waals surface area (Å²) in [5, 5.41) is 9.34. The summed E-state index contributed by atoms with van der Waals surface area (Å²) in [5.74, 6) is 4.71. The number of rotatable bonds is 14. The van der Waals surface area contributed by atoms with E-state index in [4.69, 9.17) is 32.8 Å². The number of benzene rings is 2. The second kappa shape index (κ2) is 18.4. The standard InChI is InChI=1S/C26H37NO6.C14H16INO2/c1-16(2)22-21(27-24(33-22)19-11-8-12-20(14-19)30-5)23(31-6)18-10-7-9-17(13-18)15-32-26(3,4)25(28)29;1-9(2)13-12(8-15)16-14(18-13)10-5-4-6-11(7-10)17-3/h8,11-12,14,16-18,23H,7,9-10,13,15H2,1-6H3,(H,28,29);4-7,9H,8H2,1-3H3/t17-,18+,23?;/m1./s1. The molecule has 1 N–H and O–H groups in total. The first kappa shape index (κ1) is 40.4. The van der Waals surface area contributed by atoms with Gasteiger partial charge in [0.25, 0.3) is 0 Å². The first-order chi connectivity index (χ1) is 24.3. The van der Waals surface area contributed by atoms with Gasteiger partial charge in [-0.05, 0) is 81.3 Å². The molecule has 1 aliphatic carbocycles. The van der Waals surface area contributed by atoms with Crippen molar-refractivity contribution < 1.29 is 37.7 Å². The lowest BCUT2D eigenvalue weighted by Crippen LogP contribution is -2.37.